The number of nitrogens with zero attached hydrogens (tertiary/aromatic N) is 1. The normalized spacial score (nSPS) is 13.6. The van der Waals surface area contributed by atoms with E-state index in [1.54, 1.807) is 23.3 Å². The van der Waals surface area contributed by atoms with E-state index >= 15 is 0 Å². The maximum Gasteiger partial charge on any atom is 0.318 e. The van der Waals surface area contributed by atoms with Gasteiger partial charge in [-0.2, -0.15) is 0 Å². The highest BCUT2D eigenvalue weighted by Crippen LogP contribution is 2.28. The molecule has 5 nitrogen and oxygen atoms in total. The first-order valence-electron chi connectivity index (χ1n) is 8.08. The van der Waals surface area contributed by atoms with Crippen molar-refractivity contribution in [1.29, 1.82) is 0 Å². The number of thiophene rings is 1. The van der Waals surface area contributed by atoms with Crippen molar-refractivity contribution in [2.75, 3.05) is 20.3 Å². The van der Waals surface area contributed by atoms with Gasteiger partial charge in [0.1, 0.15) is 5.75 Å². The summed E-state index contributed by atoms with van der Waals surface area (Å²) < 4.78 is 5.17. The Balaban J connectivity index is 1.58. The van der Waals surface area contributed by atoms with Gasteiger partial charge in [-0.25, -0.2) is 4.79 Å². The van der Waals surface area contributed by atoms with Gasteiger partial charge in [0.25, 0.3) is 0 Å². The second kappa shape index (κ2) is 7.68. The van der Waals surface area contributed by atoms with Gasteiger partial charge in [0.2, 0.25) is 0 Å². The molecular formula is C18H22N2O3S. The largest absolute Gasteiger partial charge is 0.497 e. The molecular weight excluding hydrogens is 324 g/mol. The van der Waals surface area contributed by atoms with E-state index in [9.17, 15) is 4.79 Å². The van der Waals surface area contributed by atoms with E-state index in [-0.39, 0.29) is 12.6 Å². The monoisotopic (exact) mass is 346 g/mol. The molecule has 2 aromatic rings. The topological polar surface area (TPSA) is 61.8 Å². The van der Waals surface area contributed by atoms with Crippen molar-refractivity contribution < 1.29 is 14.6 Å². The number of benzene rings is 1. The quantitative estimate of drug-likeness (QED) is 0.810. The van der Waals surface area contributed by atoms with Crippen molar-refractivity contribution in [3.8, 4) is 16.9 Å². The third-order valence-electron chi connectivity index (χ3n) is 4.08. The second-order valence-corrected chi connectivity index (χ2v) is 6.83. The van der Waals surface area contributed by atoms with Gasteiger partial charge in [-0.15, -0.1) is 11.3 Å². The third-order valence-corrected chi connectivity index (χ3v) is 5.02. The Hall–Kier alpha value is -2.05. The molecule has 1 aromatic carbocycles. The maximum absolute atomic E-state index is 12.2. The van der Waals surface area contributed by atoms with Crippen LogP contribution in [0.5, 0.6) is 5.75 Å². The Morgan fingerprint density at radius 1 is 1.33 bits per heavy atom. The van der Waals surface area contributed by atoms with Gasteiger partial charge in [0.15, 0.2) is 0 Å². The van der Waals surface area contributed by atoms with E-state index in [4.69, 9.17) is 9.84 Å². The van der Waals surface area contributed by atoms with Gasteiger partial charge in [0.05, 0.1) is 20.3 Å². The number of aliphatic hydroxyl groups excluding tert-OH is 1. The summed E-state index contributed by atoms with van der Waals surface area (Å²) in [5, 5.41) is 14.1. The molecule has 0 spiro atoms. The van der Waals surface area contributed by atoms with Crippen LogP contribution in [0.3, 0.4) is 0 Å². The van der Waals surface area contributed by atoms with Crippen LogP contribution in [0.25, 0.3) is 11.1 Å². The summed E-state index contributed by atoms with van der Waals surface area (Å²) in [5.41, 5.74) is 2.27. The molecule has 0 radical (unpaired) electrons. The molecule has 0 bridgehead atoms. The van der Waals surface area contributed by atoms with Crippen LogP contribution < -0.4 is 10.1 Å². The highest BCUT2D eigenvalue weighted by atomic mass is 32.1. The van der Waals surface area contributed by atoms with Gasteiger partial charge >= 0.3 is 6.03 Å². The van der Waals surface area contributed by atoms with E-state index in [1.165, 1.54) is 0 Å². The predicted octanol–water partition coefficient (Wildman–Crippen LogP) is 3.09. The number of carbonyl (C=O) groups excluding carboxylic acids is 1. The molecule has 1 saturated carbocycles. The standard InChI is InChI=1S/C18H22N2O3S/c1-23-16-6-2-13(3-7-16)14-10-17(24-12-14)11-19-18(22)20(8-9-21)15-4-5-15/h2-3,6-7,10,12,15,21H,4-5,8-9,11H2,1H3,(H,19,22). The minimum absolute atomic E-state index is 0.00450. The molecule has 2 N–H and O–H groups in total. The lowest BCUT2D eigenvalue weighted by atomic mass is 10.1. The van der Waals surface area contributed by atoms with E-state index < -0.39 is 0 Å². The third kappa shape index (κ3) is 4.07. The van der Waals surface area contributed by atoms with Crippen LogP contribution >= 0.6 is 11.3 Å². The average molecular weight is 346 g/mol. The molecule has 0 aliphatic heterocycles. The molecule has 1 aromatic heterocycles. The van der Waals surface area contributed by atoms with E-state index in [0.717, 1.165) is 34.6 Å². The number of urea groups is 1. The summed E-state index contributed by atoms with van der Waals surface area (Å²) in [7, 11) is 1.65. The molecule has 24 heavy (non-hydrogen) atoms. The summed E-state index contributed by atoms with van der Waals surface area (Å²) >= 11 is 1.63. The second-order valence-electron chi connectivity index (χ2n) is 5.84. The van der Waals surface area contributed by atoms with Crippen LogP contribution in [0.15, 0.2) is 35.7 Å². The highest BCUT2D eigenvalue weighted by molar-refractivity contribution is 7.10. The van der Waals surface area contributed by atoms with E-state index in [0.29, 0.717) is 19.1 Å². The number of rotatable bonds is 7. The van der Waals surface area contributed by atoms with Crippen molar-refractivity contribution in [1.82, 2.24) is 10.2 Å². The molecule has 0 atom stereocenters. The van der Waals surface area contributed by atoms with Gasteiger partial charge < -0.3 is 20.1 Å². The SMILES string of the molecule is COc1ccc(-c2csc(CNC(=O)N(CCO)C3CC3)c2)cc1. The molecule has 0 saturated heterocycles. The predicted molar refractivity (Wildman–Crippen MR) is 95.4 cm³/mol. The summed E-state index contributed by atoms with van der Waals surface area (Å²) in [4.78, 5) is 15.1. The van der Waals surface area contributed by atoms with Crippen LogP contribution in [0.2, 0.25) is 0 Å². The van der Waals surface area contributed by atoms with Crippen molar-refractivity contribution in [3.63, 3.8) is 0 Å². The summed E-state index contributed by atoms with van der Waals surface area (Å²) in [6, 6.07) is 10.2. The van der Waals surface area contributed by atoms with Crippen molar-refractivity contribution in [3.05, 3.63) is 40.6 Å². The van der Waals surface area contributed by atoms with Gasteiger partial charge in [-0.1, -0.05) is 12.1 Å². The van der Waals surface area contributed by atoms with Crippen LogP contribution in [-0.4, -0.2) is 42.3 Å². The fourth-order valence-electron chi connectivity index (χ4n) is 2.62. The molecule has 1 heterocycles. The zero-order chi connectivity index (χ0) is 16.9. The van der Waals surface area contributed by atoms with Crippen LogP contribution in [0, 0.1) is 0 Å². The van der Waals surface area contributed by atoms with Gasteiger partial charge in [0, 0.05) is 17.5 Å². The molecule has 1 aliphatic rings. The van der Waals surface area contributed by atoms with E-state index in [2.05, 4.69) is 16.8 Å². The lowest BCUT2D eigenvalue weighted by Crippen LogP contribution is -2.42. The van der Waals surface area contributed by atoms with Crippen molar-refractivity contribution in [2.24, 2.45) is 0 Å². The first-order valence-corrected chi connectivity index (χ1v) is 8.96. The molecule has 1 aliphatic carbocycles. The van der Waals surface area contributed by atoms with E-state index in [1.807, 2.05) is 24.3 Å². The minimum atomic E-state index is -0.0917. The van der Waals surface area contributed by atoms with Crippen molar-refractivity contribution >= 4 is 17.4 Å². The first kappa shape index (κ1) is 16.8. The van der Waals surface area contributed by atoms with Crippen LogP contribution in [-0.2, 0) is 6.54 Å². The summed E-state index contributed by atoms with van der Waals surface area (Å²) in [6.45, 7) is 0.914. The zero-order valence-electron chi connectivity index (χ0n) is 13.7. The number of amides is 2. The Morgan fingerprint density at radius 3 is 2.71 bits per heavy atom. The maximum atomic E-state index is 12.2. The number of nitrogens with one attached hydrogen (secondary N) is 1. The Labute approximate surface area is 145 Å². The molecule has 128 valence electrons. The lowest BCUT2D eigenvalue weighted by molar-refractivity contribution is 0.173. The van der Waals surface area contributed by atoms with Crippen molar-refractivity contribution in [2.45, 2.75) is 25.4 Å². The Kier molecular flexibility index (Phi) is 5.37. The number of aliphatic hydroxyl groups is 1. The van der Waals surface area contributed by atoms with Gasteiger partial charge in [-0.3, -0.25) is 0 Å². The highest BCUT2D eigenvalue weighted by Gasteiger charge is 2.31. The summed E-state index contributed by atoms with van der Waals surface area (Å²) in [5.74, 6) is 0.838. The Morgan fingerprint density at radius 2 is 2.08 bits per heavy atom. The molecule has 6 heteroatoms. The Bertz CT molecular complexity index is 680. The van der Waals surface area contributed by atoms with Crippen LogP contribution in [0.4, 0.5) is 4.79 Å². The molecule has 2 amide bonds. The number of hydrogen-bond acceptors (Lipinski definition) is 4. The number of hydrogen-bond donors (Lipinski definition) is 2. The number of ether oxygens (including phenoxy) is 1. The molecule has 3 rings (SSSR count). The molecule has 1 fully saturated rings. The first-order chi connectivity index (χ1) is 11.7. The smallest absolute Gasteiger partial charge is 0.318 e. The summed E-state index contributed by atoms with van der Waals surface area (Å²) in [6.07, 6.45) is 2.07. The average Bonchev–Trinajstić information content (AvgIpc) is 3.34. The zero-order valence-corrected chi connectivity index (χ0v) is 14.5. The number of methoxy groups -OCH3 is 1. The fourth-order valence-corrected chi connectivity index (χ4v) is 3.45. The van der Waals surface area contributed by atoms with Gasteiger partial charge in [-0.05, 0) is 47.5 Å². The minimum Gasteiger partial charge on any atom is -0.497 e. The number of carbonyl (C=O) groups is 1. The van der Waals surface area contributed by atoms with Crippen LogP contribution in [0.1, 0.15) is 17.7 Å². The molecule has 0 unspecified atom stereocenters. The lowest BCUT2D eigenvalue weighted by Gasteiger charge is -2.21. The fraction of sp³-hybridized carbons (Fsp3) is 0.389.